The van der Waals surface area contributed by atoms with Crippen LogP contribution >= 0.6 is 11.3 Å². The molecule has 1 N–H and O–H groups in total. The zero-order chi connectivity index (χ0) is 16.7. The molecule has 120 valence electrons. The van der Waals surface area contributed by atoms with Crippen LogP contribution in [0.1, 0.15) is 5.56 Å². The Kier molecular flexibility index (Phi) is 3.42. The van der Waals surface area contributed by atoms with Crippen molar-refractivity contribution in [3.63, 3.8) is 0 Å². The highest BCUT2D eigenvalue weighted by molar-refractivity contribution is 7.20. The molecule has 7 heteroatoms. The van der Waals surface area contributed by atoms with Crippen molar-refractivity contribution >= 4 is 38.0 Å². The van der Waals surface area contributed by atoms with Crippen LogP contribution in [0.3, 0.4) is 0 Å². The number of ether oxygens (including phenoxy) is 1. The number of aryl methyl sites for hydroxylation is 1. The van der Waals surface area contributed by atoms with Crippen LogP contribution in [0.5, 0.6) is 5.75 Å². The second-order valence-electron chi connectivity index (χ2n) is 5.40. The molecule has 4 aromatic rings. The zero-order valence-electron chi connectivity index (χ0n) is 13.1. The molecule has 6 nitrogen and oxygen atoms in total. The van der Waals surface area contributed by atoms with E-state index in [0.29, 0.717) is 21.0 Å². The lowest BCUT2D eigenvalue weighted by Gasteiger charge is -2.04. The number of aromatic nitrogens is 3. The van der Waals surface area contributed by atoms with Crippen molar-refractivity contribution in [3.8, 4) is 5.75 Å². The summed E-state index contributed by atoms with van der Waals surface area (Å²) in [6.45, 7) is 1.95. The predicted octanol–water partition coefficient (Wildman–Crippen LogP) is 3.36. The minimum Gasteiger partial charge on any atom is -0.497 e. The summed E-state index contributed by atoms with van der Waals surface area (Å²) < 4.78 is 6.55. The average Bonchev–Trinajstić information content (AvgIpc) is 2.98. The lowest BCUT2D eigenvalue weighted by Crippen LogP contribution is -2.15. The van der Waals surface area contributed by atoms with Gasteiger partial charge >= 0.3 is 0 Å². The van der Waals surface area contributed by atoms with Crippen LogP contribution in [0, 0.1) is 6.92 Å². The summed E-state index contributed by atoms with van der Waals surface area (Å²) in [4.78, 5) is 17.7. The van der Waals surface area contributed by atoms with Crippen LogP contribution in [0.2, 0.25) is 0 Å². The van der Waals surface area contributed by atoms with Gasteiger partial charge in [0.05, 0.1) is 18.0 Å². The van der Waals surface area contributed by atoms with Crippen LogP contribution in [-0.2, 0) is 0 Å². The fraction of sp³-hybridized carbons (Fsp3) is 0.118. The van der Waals surface area contributed by atoms with Gasteiger partial charge in [-0.1, -0.05) is 29.0 Å². The number of fused-ring (bicyclic) bond motifs is 2. The SMILES string of the molecule is COc1cccc(Nc2nn3c(=O)c4cc(C)ccc4nc3s2)c1. The molecule has 0 atom stereocenters. The van der Waals surface area contributed by atoms with Gasteiger partial charge in [-0.15, -0.1) is 5.10 Å². The van der Waals surface area contributed by atoms with Gasteiger partial charge in [0.1, 0.15) is 5.75 Å². The lowest BCUT2D eigenvalue weighted by molar-refractivity contribution is 0.415. The summed E-state index contributed by atoms with van der Waals surface area (Å²) >= 11 is 1.33. The molecule has 0 unspecified atom stereocenters. The third-order valence-electron chi connectivity index (χ3n) is 3.67. The van der Waals surface area contributed by atoms with Crippen LogP contribution in [0.15, 0.2) is 47.3 Å². The molecule has 2 aromatic heterocycles. The second-order valence-corrected chi connectivity index (χ2v) is 6.35. The van der Waals surface area contributed by atoms with E-state index in [-0.39, 0.29) is 5.56 Å². The molecule has 24 heavy (non-hydrogen) atoms. The first-order valence-corrected chi connectivity index (χ1v) is 8.17. The van der Waals surface area contributed by atoms with E-state index in [1.165, 1.54) is 15.9 Å². The molecule has 0 radical (unpaired) electrons. The Morgan fingerprint density at radius 2 is 2.08 bits per heavy atom. The van der Waals surface area contributed by atoms with Crippen LogP contribution in [-0.4, -0.2) is 21.7 Å². The standard InChI is InChI=1S/C17H14N4O2S/c1-10-6-7-14-13(8-10)15(22)21-17(19-14)24-16(20-21)18-11-4-3-5-12(9-11)23-2/h3-9H,1-2H3,(H,18,20). The second kappa shape index (κ2) is 5.61. The van der Waals surface area contributed by atoms with Crippen molar-refractivity contribution in [2.75, 3.05) is 12.4 Å². The van der Waals surface area contributed by atoms with Gasteiger partial charge in [-0.05, 0) is 31.2 Å². The summed E-state index contributed by atoms with van der Waals surface area (Å²) in [6.07, 6.45) is 0. The van der Waals surface area contributed by atoms with E-state index in [1.807, 2.05) is 49.4 Å². The fourth-order valence-electron chi connectivity index (χ4n) is 2.50. The van der Waals surface area contributed by atoms with E-state index in [0.717, 1.165) is 17.0 Å². The molecule has 4 rings (SSSR count). The number of hydrogen-bond acceptors (Lipinski definition) is 6. The number of benzene rings is 2. The molecular formula is C17H14N4O2S. The van der Waals surface area contributed by atoms with E-state index in [9.17, 15) is 4.79 Å². The number of rotatable bonds is 3. The molecule has 0 spiro atoms. The van der Waals surface area contributed by atoms with Crippen molar-refractivity contribution in [3.05, 3.63) is 58.4 Å². The van der Waals surface area contributed by atoms with Gasteiger partial charge in [-0.25, -0.2) is 4.98 Å². The molecule has 0 fully saturated rings. The molecule has 0 amide bonds. The van der Waals surface area contributed by atoms with Crippen molar-refractivity contribution < 1.29 is 4.74 Å². The number of methoxy groups -OCH3 is 1. The van der Waals surface area contributed by atoms with E-state index < -0.39 is 0 Å². The van der Waals surface area contributed by atoms with Crippen molar-refractivity contribution in [2.45, 2.75) is 6.92 Å². The molecule has 0 saturated carbocycles. The van der Waals surface area contributed by atoms with E-state index in [4.69, 9.17) is 4.74 Å². The average molecular weight is 338 g/mol. The Hall–Kier alpha value is -2.93. The summed E-state index contributed by atoms with van der Waals surface area (Å²) in [5.74, 6) is 0.748. The summed E-state index contributed by atoms with van der Waals surface area (Å²) in [5, 5.41) is 8.71. The third kappa shape index (κ3) is 2.48. The Morgan fingerprint density at radius 1 is 1.21 bits per heavy atom. The van der Waals surface area contributed by atoms with Crippen LogP contribution in [0.4, 0.5) is 10.8 Å². The molecule has 0 aliphatic rings. The van der Waals surface area contributed by atoms with E-state index in [2.05, 4.69) is 15.4 Å². The Balaban J connectivity index is 1.81. The van der Waals surface area contributed by atoms with Gasteiger partial charge in [0.25, 0.3) is 5.56 Å². The molecule has 2 aromatic carbocycles. The molecule has 0 aliphatic carbocycles. The summed E-state index contributed by atoms with van der Waals surface area (Å²) in [5.41, 5.74) is 2.38. The zero-order valence-corrected chi connectivity index (χ0v) is 13.9. The normalized spacial score (nSPS) is 11.1. The molecular weight excluding hydrogens is 324 g/mol. The highest BCUT2D eigenvalue weighted by Gasteiger charge is 2.11. The highest BCUT2D eigenvalue weighted by atomic mass is 32.1. The lowest BCUT2D eigenvalue weighted by atomic mass is 10.2. The number of anilines is 2. The Labute approximate surface area is 141 Å². The van der Waals surface area contributed by atoms with E-state index >= 15 is 0 Å². The van der Waals surface area contributed by atoms with Gasteiger partial charge in [0, 0.05) is 11.8 Å². The molecule has 0 saturated heterocycles. The summed E-state index contributed by atoms with van der Waals surface area (Å²) in [7, 11) is 1.62. The van der Waals surface area contributed by atoms with Gasteiger partial charge in [-0.2, -0.15) is 4.52 Å². The molecule has 2 heterocycles. The van der Waals surface area contributed by atoms with Gasteiger partial charge < -0.3 is 10.1 Å². The predicted molar refractivity (Wildman–Crippen MR) is 95.7 cm³/mol. The van der Waals surface area contributed by atoms with Crippen molar-refractivity contribution in [1.29, 1.82) is 0 Å². The first-order chi connectivity index (χ1) is 11.6. The third-order valence-corrected chi connectivity index (χ3v) is 4.50. The Bertz CT molecular complexity index is 1120. The minimum atomic E-state index is -0.159. The van der Waals surface area contributed by atoms with Crippen LogP contribution < -0.4 is 15.6 Å². The number of nitrogens with zero attached hydrogens (tertiary/aromatic N) is 3. The summed E-state index contributed by atoms with van der Waals surface area (Å²) in [6, 6.07) is 13.2. The van der Waals surface area contributed by atoms with Crippen LogP contribution in [0.25, 0.3) is 15.9 Å². The van der Waals surface area contributed by atoms with Crippen molar-refractivity contribution in [2.24, 2.45) is 0 Å². The van der Waals surface area contributed by atoms with Gasteiger partial charge in [0.15, 0.2) is 0 Å². The number of nitrogens with one attached hydrogen (secondary N) is 1. The monoisotopic (exact) mass is 338 g/mol. The van der Waals surface area contributed by atoms with E-state index in [1.54, 1.807) is 7.11 Å². The maximum Gasteiger partial charge on any atom is 0.283 e. The molecule has 0 aliphatic heterocycles. The minimum absolute atomic E-state index is 0.159. The highest BCUT2D eigenvalue weighted by Crippen LogP contribution is 2.25. The molecule has 0 bridgehead atoms. The smallest absolute Gasteiger partial charge is 0.283 e. The maximum atomic E-state index is 12.6. The Morgan fingerprint density at radius 3 is 2.92 bits per heavy atom. The maximum absolute atomic E-state index is 12.6. The van der Waals surface area contributed by atoms with Gasteiger partial charge in [0.2, 0.25) is 10.1 Å². The topological polar surface area (TPSA) is 68.5 Å². The quantitative estimate of drug-likeness (QED) is 0.620. The largest absolute Gasteiger partial charge is 0.497 e. The number of hydrogen-bond donors (Lipinski definition) is 1. The first-order valence-electron chi connectivity index (χ1n) is 7.35. The van der Waals surface area contributed by atoms with Gasteiger partial charge in [-0.3, -0.25) is 4.79 Å². The first kappa shape index (κ1) is 14.6. The fourth-order valence-corrected chi connectivity index (χ4v) is 3.32. The van der Waals surface area contributed by atoms with Crippen molar-refractivity contribution in [1.82, 2.24) is 14.6 Å².